The molecule has 2 aliphatic heterocycles. The quantitative estimate of drug-likeness (QED) is 0.132. The predicted octanol–water partition coefficient (Wildman–Crippen LogP) is 5.63. The number of anilines is 1. The molecule has 4 aromatic rings. The van der Waals surface area contributed by atoms with E-state index in [1.807, 2.05) is 0 Å². The fourth-order valence-electron chi connectivity index (χ4n) is 5.99. The van der Waals surface area contributed by atoms with Gasteiger partial charge in [0.2, 0.25) is 10.0 Å². The van der Waals surface area contributed by atoms with Crippen molar-refractivity contribution in [1.29, 1.82) is 0 Å². The molecule has 0 saturated carbocycles. The zero-order valence-electron chi connectivity index (χ0n) is 26.1. The lowest BCUT2D eigenvalue weighted by molar-refractivity contribution is -0.387. The lowest BCUT2D eigenvalue weighted by Crippen LogP contribution is -2.50. The number of alkyl halides is 3. The Hall–Kier alpha value is -5.00. The van der Waals surface area contributed by atoms with E-state index in [0.29, 0.717) is 43.1 Å². The number of rotatable bonds is 9. The second kappa shape index (κ2) is 13.5. The van der Waals surface area contributed by atoms with E-state index in [0.717, 1.165) is 18.2 Å². The van der Waals surface area contributed by atoms with Crippen LogP contribution in [0.1, 0.15) is 41.1 Å². The maximum Gasteiger partial charge on any atom is 0.416 e. The highest BCUT2D eigenvalue weighted by Gasteiger charge is 2.39. The van der Waals surface area contributed by atoms with E-state index in [1.165, 1.54) is 39.3 Å². The van der Waals surface area contributed by atoms with Gasteiger partial charge in [-0.1, -0.05) is 18.2 Å². The molecule has 1 fully saturated rings. The number of hydrogen-bond acceptors (Lipinski definition) is 10. The van der Waals surface area contributed by atoms with Crippen molar-refractivity contribution in [3.05, 3.63) is 99.9 Å². The summed E-state index contributed by atoms with van der Waals surface area (Å²) in [4.78, 5) is 25.8. The molecule has 1 N–H and O–H groups in total. The van der Waals surface area contributed by atoms with E-state index in [9.17, 15) is 36.5 Å². The van der Waals surface area contributed by atoms with E-state index < -0.39 is 38.3 Å². The second-order valence-corrected chi connectivity index (χ2v) is 13.2. The first kappa shape index (κ1) is 33.9. The van der Waals surface area contributed by atoms with Gasteiger partial charge in [0.15, 0.2) is 10.6 Å². The first-order chi connectivity index (χ1) is 23.4. The van der Waals surface area contributed by atoms with Crippen LogP contribution in [-0.2, 0) is 20.9 Å². The van der Waals surface area contributed by atoms with E-state index in [-0.39, 0.29) is 47.8 Å². The third-order valence-electron chi connectivity index (χ3n) is 8.29. The van der Waals surface area contributed by atoms with Gasteiger partial charge < -0.3 is 14.8 Å². The molecule has 258 valence electrons. The van der Waals surface area contributed by atoms with Gasteiger partial charge in [0.25, 0.3) is 5.69 Å². The van der Waals surface area contributed by atoms with Gasteiger partial charge in [-0.05, 0) is 61.9 Å². The van der Waals surface area contributed by atoms with E-state index in [4.69, 9.17) is 14.6 Å². The Labute approximate surface area is 279 Å². The SMILES string of the molecule is CCOC(=O)c1c2c(nn1-c1ccc(Oc3cccc(C(F)(F)F)c3)cc1)[C@H](N1CCN(S(=O)(=O)c3ccccc3[N+](=O)[O-])CC1)CCN2. The predicted molar refractivity (Wildman–Crippen MR) is 170 cm³/mol. The third-order valence-corrected chi connectivity index (χ3v) is 10.2. The van der Waals surface area contributed by atoms with Gasteiger partial charge in [-0.15, -0.1) is 0 Å². The molecule has 6 rings (SSSR count). The lowest BCUT2D eigenvalue weighted by atomic mass is 10.0. The van der Waals surface area contributed by atoms with Crippen LogP contribution >= 0.6 is 0 Å². The molecular formula is C32H31F3N6O7S. The number of esters is 1. The van der Waals surface area contributed by atoms with Crippen LogP contribution in [0.25, 0.3) is 5.69 Å². The average molecular weight is 701 g/mol. The van der Waals surface area contributed by atoms with Crippen molar-refractivity contribution in [2.45, 2.75) is 30.5 Å². The number of aromatic nitrogens is 2. The third kappa shape index (κ3) is 6.81. The zero-order valence-corrected chi connectivity index (χ0v) is 26.9. The van der Waals surface area contributed by atoms with E-state index >= 15 is 0 Å². The first-order valence-corrected chi connectivity index (χ1v) is 16.8. The molecule has 0 spiro atoms. The van der Waals surface area contributed by atoms with Crippen LogP contribution in [0.4, 0.5) is 24.5 Å². The summed E-state index contributed by atoms with van der Waals surface area (Å²) in [5.74, 6) is -0.345. The molecule has 0 radical (unpaired) electrons. The lowest BCUT2D eigenvalue weighted by Gasteiger charge is -2.39. The molecule has 3 heterocycles. The summed E-state index contributed by atoms with van der Waals surface area (Å²) < 4.78 is 79.9. The Kier molecular flexibility index (Phi) is 9.32. The van der Waals surface area contributed by atoms with Gasteiger partial charge in [-0.3, -0.25) is 15.0 Å². The number of nitrogens with zero attached hydrogens (tertiary/aromatic N) is 5. The number of benzene rings is 3. The Bertz CT molecular complexity index is 1980. The van der Waals surface area contributed by atoms with Crippen molar-refractivity contribution < 1.29 is 40.8 Å². The molecule has 0 bridgehead atoms. The minimum absolute atomic E-state index is 0.00581. The summed E-state index contributed by atoms with van der Waals surface area (Å²) in [5.41, 5.74) is 0.344. The number of ether oxygens (including phenoxy) is 2. The van der Waals surface area contributed by atoms with Gasteiger partial charge in [0, 0.05) is 38.8 Å². The number of para-hydroxylation sites is 1. The molecule has 3 aromatic carbocycles. The summed E-state index contributed by atoms with van der Waals surface area (Å²) in [6.45, 7) is 3.09. The number of piperazine rings is 1. The summed E-state index contributed by atoms with van der Waals surface area (Å²) in [6.07, 6.45) is -3.92. The fourth-order valence-corrected chi connectivity index (χ4v) is 7.57. The van der Waals surface area contributed by atoms with Crippen molar-refractivity contribution in [3.63, 3.8) is 0 Å². The Morgan fingerprint density at radius 1 is 1.02 bits per heavy atom. The Morgan fingerprint density at radius 2 is 1.73 bits per heavy atom. The normalized spacial score (nSPS) is 17.2. The van der Waals surface area contributed by atoms with Gasteiger partial charge in [0.05, 0.1) is 34.5 Å². The Balaban J connectivity index is 1.25. The van der Waals surface area contributed by atoms with Crippen molar-refractivity contribution in [2.75, 3.05) is 44.6 Å². The summed E-state index contributed by atoms with van der Waals surface area (Å²) in [6, 6.07) is 15.8. The van der Waals surface area contributed by atoms with Crippen LogP contribution in [0.2, 0.25) is 0 Å². The molecular weight excluding hydrogens is 669 g/mol. The number of carbonyl (C=O) groups excluding carboxylic acids is 1. The fraction of sp³-hybridized carbons (Fsp3) is 0.312. The van der Waals surface area contributed by atoms with Crippen molar-refractivity contribution in [3.8, 4) is 17.2 Å². The molecule has 49 heavy (non-hydrogen) atoms. The topological polar surface area (TPSA) is 149 Å². The van der Waals surface area contributed by atoms with Gasteiger partial charge in [-0.25, -0.2) is 17.9 Å². The van der Waals surface area contributed by atoms with Crippen molar-refractivity contribution in [1.82, 2.24) is 19.0 Å². The molecule has 0 amide bonds. The number of halogens is 3. The summed E-state index contributed by atoms with van der Waals surface area (Å²) >= 11 is 0. The van der Waals surface area contributed by atoms with Crippen molar-refractivity contribution >= 4 is 27.4 Å². The highest BCUT2D eigenvalue weighted by Crippen LogP contribution is 2.39. The van der Waals surface area contributed by atoms with Crippen LogP contribution in [0.15, 0.2) is 77.7 Å². The standard InChI is InChI=1S/C32H31F3N6O7S/c1-2-47-31(42)30-29-28(37-40(30)22-10-12-23(13-11-22)48-24-7-5-6-21(20-24)32(33,34)35)26(14-15-36-29)38-16-18-39(19-17-38)49(45,46)27-9-4-3-8-25(27)41(43)44/h3-13,20,26,36H,2,14-19H2,1H3/t26-/m1/s1. The molecule has 0 unspecified atom stereocenters. The van der Waals surface area contributed by atoms with Gasteiger partial charge >= 0.3 is 12.1 Å². The van der Waals surface area contributed by atoms with E-state index in [2.05, 4.69) is 10.2 Å². The number of nitrogens with one attached hydrogen (secondary N) is 1. The second-order valence-electron chi connectivity index (χ2n) is 11.3. The molecule has 13 nitrogen and oxygen atoms in total. The van der Waals surface area contributed by atoms with Crippen LogP contribution in [0.3, 0.4) is 0 Å². The van der Waals surface area contributed by atoms with Crippen LogP contribution in [0.5, 0.6) is 11.5 Å². The minimum Gasteiger partial charge on any atom is -0.461 e. The summed E-state index contributed by atoms with van der Waals surface area (Å²) in [5, 5.41) is 19.6. The molecule has 1 saturated heterocycles. The van der Waals surface area contributed by atoms with Crippen LogP contribution < -0.4 is 10.1 Å². The highest BCUT2D eigenvalue weighted by molar-refractivity contribution is 7.89. The monoisotopic (exact) mass is 700 g/mol. The highest BCUT2D eigenvalue weighted by atomic mass is 32.2. The average Bonchev–Trinajstić information content (AvgIpc) is 3.49. The molecule has 1 aromatic heterocycles. The van der Waals surface area contributed by atoms with Gasteiger partial charge in [-0.2, -0.15) is 22.6 Å². The number of nitro benzene ring substituents is 1. The number of carbonyl (C=O) groups is 1. The molecule has 1 atom stereocenters. The zero-order chi connectivity index (χ0) is 34.9. The largest absolute Gasteiger partial charge is 0.461 e. The minimum atomic E-state index is -4.52. The smallest absolute Gasteiger partial charge is 0.416 e. The molecule has 2 aliphatic rings. The maximum atomic E-state index is 13.4. The number of hydrogen-bond donors (Lipinski definition) is 1. The molecule has 0 aliphatic carbocycles. The van der Waals surface area contributed by atoms with E-state index in [1.54, 1.807) is 31.2 Å². The number of fused-ring (bicyclic) bond motifs is 1. The Morgan fingerprint density at radius 3 is 2.41 bits per heavy atom. The van der Waals surface area contributed by atoms with Crippen LogP contribution in [-0.4, -0.2) is 77.6 Å². The van der Waals surface area contributed by atoms with Crippen molar-refractivity contribution in [2.24, 2.45) is 0 Å². The number of nitro groups is 1. The molecule has 17 heteroatoms. The maximum absolute atomic E-state index is 13.4. The number of sulfonamides is 1. The van der Waals surface area contributed by atoms with Crippen LogP contribution in [0, 0.1) is 10.1 Å². The first-order valence-electron chi connectivity index (χ1n) is 15.4. The van der Waals surface area contributed by atoms with Gasteiger partial charge in [0.1, 0.15) is 17.2 Å². The summed E-state index contributed by atoms with van der Waals surface area (Å²) in [7, 11) is -4.13.